The van der Waals surface area contributed by atoms with Crippen LogP contribution < -0.4 is 10.3 Å². The number of aromatic amines is 1. The van der Waals surface area contributed by atoms with E-state index in [1.165, 1.54) is 23.3 Å². The summed E-state index contributed by atoms with van der Waals surface area (Å²) in [6.45, 7) is 4.98. The molecule has 220 valence electrons. The van der Waals surface area contributed by atoms with Crippen molar-refractivity contribution in [2.24, 2.45) is 0 Å². The Morgan fingerprint density at radius 1 is 0.886 bits per heavy atom. The van der Waals surface area contributed by atoms with Crippen LogP contribution in [0.25, 0.3) is 20.5 Å². The lowest BCUT2D eigenvalue weighted by atomic mass is 9.77. The summed E-state index contributed by atoms with van der Waals surface area (Å²) in [5, 5.41) is 6.08. The molecule has 0 saturated carbocycles. The average molecular weight is 599 g/mol. The molecule has 5 heterocycles. The number of hydrogen-bond donors (Lipinski definition) is 1. The van der Waals surface area contributed by atoms with Crippen LogP contribution in [0.5, 0.6) is 5.75 Å². The third-order valence-corrected chi connectivity index (χ3v) is 10.6. The molecular weight excluding hydrogens is 565 g/mol. The van der Waals surface area contributed by atoms with Gasteiger partial charge in [0, 0.05) is 42.0 Å². The van der Waals surface area contributed by atoms with Crippen molar-refractivity contribution in [1.82, 2.24) is 19.7 Å². The zero-order valence-electron chi connectivity index (χ0n) is 24.7. The lowest BCUT2D eigenvalue weighted by Gasteiger charge is -2.37. The van der Waals surface area contributed by atoms with Gasteiger partial charge in [0.25, 0.3) is 5.56 Å². The number of aryl methyl sites for hydroxylation is 1. The van der Waals surface area contributed by atoms with Crippen molar-refractivity contribution < 1.29 is 4.74 Å². The number of hydrogen-bond acceptors (Lipinski definition) is 5. The molecule has 0 aliphatic carbocycles. The lowest BCUT2D eigenvalue weighted by Crippen LogP contribution is -2.40. The average Bonchev–Trinajstić information content (AvgIpc) is 3.61. The van der Waals surface area contributed by atoms with E-state index in [1.807, 2.05) is 24.4 Å². The van der Waals surface area contributed by atoms with Gasteiger partial charge < -0.3 is 9.72 Å². The number of thiophene rings is 1. The van der Waals surface area contributed by atoms with Crippen molar-refractivity contribution in [2.75, 3.05) is 19.7 Å². The van der Waals surface area contributed by atoms with E-state index in [0.717, 1.165) is 74.6 Å². The van der Waals surface area contributed by atoms with Gasteiger partial charge in [-0.25, -0.2) is 0 Å². The molecular formula is C37H34N4O2S. The summed E-state index contributed by atoms with van der Waals surface area (Å²) in [4.78, 5) is 20.3. The van der Waals surface area contributed by atoms with E-state index in [1.54, 1.807) is 0 Å². The molecule has 3 aromatic carbocycles. The molecule has 1 N–H and O–H groups in total. The van der Waals surface area contributed by atoms with Crippen LogP contribution in [0.4, 0.5) is 0 Å². The number of H-pyrrole nitrogens is 1. The molecule has 44 heavy (non-hydrogen) atoms. The number of nitrogens with one attached hydrogen (secondary N) is 1. The van der Waals surface area contributed by atoms with Gasteiger partial charge in [0.1, 0.15) is 16.0 Å². The minimum absolute atomic E-state index is 0.0336. The summed E-state index contributed by atoms with van der Waals surface area (Å²) >= 11 is 1.52. The van der Waals surface area contributed by atoms with Crippen molar-refractivity contribution >= 4 is 21.4 Å². The molecule has 7 heteroatoms. The summed E-state index contributed by atoms with van der Waals surface area (Å²) in [6.07, 6.45) is 7.07. The molecule has 1 atom stereocenters. The van der Waals surface area contributed by atoms with Crippen LogP contribution in [-0.2, 0) is 12.0 Å². The highest BCUT2D eigenvalue weighted by atomic mass is 32.1. The Labute approximate surface area is 260 Å². The second-order valence-electron chi connectivity index (χ2n) is 11.8. The maximum atomic E-state index is 13.6. The number of rotatable bonds is 7. The van der Waals surface area contributed by atoms with Gasteiger partial charge in [0.05, 0.1) is 17.7 Å². The first kappa shape index (κ1) is 27.1. The highest BCUT2D eigenvalue weighted by molar-refractivity contribution is 7.22. The van der Waals surface area contributed by atoms with Crippen molar-refractivity contribution in [3.63, 3.8) is 0 Å². The molecule has 8 rings (SSSR count). The number of ether oxygens (including phenoxy) is 1. The molecule has 0 spiro atoms. The lowest BCUT2D eigenvalue weighted by molar-refractivity contribution is 0.125. The maximum Gasteiger partial charge on any atom is 0.266 e. The Hall–Kier alpha value is -4.46. The van der Waals surface area contributed by atoms with E-state index in [2.05, 4.69) is 100 Å². The Morgan fingerprint density at radius 3 is 2.07 bits per heavy atom. The van der Waals surface area contributed by atoms with Gasteiger partial charge in [-0.1, -0.05) is 91.0 Å². The van der Waals surface area contributed by atoms with Gasteiger partial charge in [0.15, 0.2) is 0 Å². The number of nitrogens with zero attached hydrogens (tertiary/aromatic N) is 3. The molecule has 2 aliphatic rings. The molecule has 1 unspecified atom stereocenters. The Balaban J connectivity index is 1.35. The third kappa shape index (κ3) is 4.18. The van der Waals surface area contributed by atoms with Crippen LogP contribution in [-0.4, -0.2) is 39.4 Å². The Bertz CT molecular complexity index is 1900. The van der Waals surface area contributed by atoms with E-state index < -0.39 is 5.54 Å². The van der Waals surface area contributed by atoms with Gasteiger partial charge in [-0.2, -0.15) is 5.10 Å². The van der Waals surface area contributed by atoms with E-state index >= 15 is 0 Å². The van der Waals surface area contributed by atoms with Crippen LogP contribution in [0, 0.1) is 0 Å². The van der Waals surface area contributed by atoms with Gasteiger partial charge in [-0.05, 0) is 48.4 Å². The molecule has 2 aliphatic heterocycles. The molecule has 0 bridgehead atoms. The van der Waals surface area contributed by atoms with Crippen molar-refractivity contribution in [1.29, 1.82) is 0 Å². The van der Waals surface area contributed by atoms with E-state index in [9.17, 15) is 4.79 Å². The molecule has 1 fully saturated rings. The number of pyridine rings is 1. The van der Waals surface area contributed by atoms with Gasteiger partial charge >= 0.3 is 0 Å². The van der Waals surface area contributed by atoms with E-state index in [-0.39, 0.29) is 11.6 Å². The van der Waals surface area contributed by atoms with Gasteiger partial charge in [-0.3, -0.25) is 14.4 Å². The SMILES string of the molecule is CC(c1[nH]c(=O)c2sc(-c3cnn(C(c4ccccc4)(c4ccccc4)c4ccccc4)c3)c3c2c1CCCO3)N1CCC1. The van der Waals surface area contributed by atoms with Crippen LogP contribution in [0.1, 0.15) is 53.8 Å². The fourth-order valence-corrected chi connectivity index (χ4v) is 8.22. The van der Waals surface area contributed by atoms with Crippen LogP contribution in [0.15, 0.2) is 108 Å². The van der Waals surface area contributed by atoms with Crippen molar-refractivity contribution in [2.45, 2.75) is 37.8 Å². The van der Waals surface area contributed by atoms with E-state index in [4.69, 9.17) is 9.84 Å². The quantitative estimate of drug-likeness (QED) is 0.195. The first-order valence-electron chi connectivity index (χ1n) is 15.5. The summed E-state index contributed by atoms with van der Waals surface area (Å²) in [5.74, 6) is 0.824. The predicted octanol–water partition coefficient (Wildman–Crippen LogP) is 7.39. The molecule has 1 saturated heterocycles. The normalized spacial score (nSPS) is 15.8. The Morgan fingerprint density at radius 2 is 1.50 bits per heavy atom. The summed E-state index contributed by atoms with van der Waals surface area (Å²) in [5.41, 5.74) is 5.81. The molecule has 3 aromatic heterocycles. The Kier molecular flexibility index (Phi) is 6.73. The minimum atomic E-state index is -0.712. The van der Waals surface area contributed by atoms with E-state index in [0.29, 0.717) is 6.61 Å². The van der Waals surface area contributed by atoms with Gasteiger partial charge in [-0.15, -0.1) is 11.3 Å². The molecule has 0 radical (unpaired) electrons. The monoisotopic (exact) mass is 598 g/mol. The fourth-order valence-electron chi connectivity index (χ4n) is 7.08. The van der Waals surface area contributed by atoms with Crippen LogP contribution in [0.3, 0.4) is 0 Å². The summed E-state index contributed by atoms with van der Waals surface area (Å²) in [6, 6.07) is 31.9. The standard InChI is InChI=1S/C37H34N4O2S/c1-25(40-20-12-21-40)32-30-19-11-22-43-33-31(30)35(36(42)39-32)44-34(33)26-23-38-41(24-26)37(27-13-5-2-6-14-27,28-15-7-3-8-16-28)29-17-9-4-10-18-29/h2-10,13-18,23-25H,11-12,19-22H2,1H3,(H,39,42). The second-order valence-corrected chi connectivity index (χ2v) is 12.8. The fraction of sp³-hybridized carbons (Fsp3) is 0.243. The summed E-state index contributed by atoms with van der Waals surface area (Å²) < 4.78 is 9.31. The number of likely N-dealkylation sites (tertiary alicyclic amines) is 1. The third-order valence-electron chi connectivity index (χ3n) is 9.38. The van der Waals surface area contributed by atoms with Crippen molar-refractivity contribution in [3.8, 4) is 16.2 Å². The maximum absolute atomic E-state index is 13.6. The molecule has 6 nitrogen and oxygen atoms in total. The highest BCUT2D eigenvalue weighted by Gasteiger charge is 2.40. The first-order valence-corrected chi connectivity index (χ1v) is 16.3. The predicted molar refractivity (Wildman–Crippen MR) is 177 cm³/mol. The largest absolute Gasteiger partial charge is 0.491 e. The minimum Gasteiger partial charge on any atom is -0.491 e. The van der Waals surface area contributed by atoms with Crippen LogP contribution >= 0.6 is 11.3 Å². The van der Waals surface area contributed by atoms with Gasteiger partial charge in [0.2, 0.25) is 0 Å². The molecule has 0 amide bonds. The van der Waals surface area contributed by atoms with Crippen LogP contribution in [0.2, 0.25) is 0 Å². The summed E-state index contributed by atoms with van der Waals surface area (Å²) in [7, 11) is 0. The topological polar surface area (TPSA) is 63.1 Å². The second kappa shape index (κ2) is 10.9. The molecule has 6 aromatic rings. The first-order chi connectivity index (χ1) is 21.7. The zero-order valence-corrected chi connectivity index (χ0v) is 25.5. The van der Waals surface area contributed by atoms with Crippen molar-refractivity contribution in [3.05, 3.63) is 142 Å². The highest BCUT2D eigenvalue weighted by Crippen LogP contribution is 2.48. The smallest absolute Gasteiger partial charge is 0.266 e. The number of aromatic nitrogens is 3. The number of benzene rings is 3. The zero-order chi connectivity index (χ0) is 29.7.